The molecule has 0 saturated heterocycles. The third kappa shape index (κ3) is 3.28. The summed E-state index contributed by atoms with van der Waals surface area (Å²) in [6.45, 7) is 0.738. The number of halogens is 2. The van der Waals surface area contributed by atoms with Crippen LogP contribution in [0.5, 0.6) is 5.75 Å². The molecule has 90 valence electrons. The van der Waals surface area contributed by atoms with Crippen molar-refractivity contribution in [2.75, 3.05) is 12.4 Å². The molecule has 1 N–H and O–H groups in total. The number of benzene rings is 1. The van der Waals surface area contributed by atoms with E-state index in [-0.39, 0.29) is 0 Å². The van der Waals surface area contributed by atoms with Crippen LogP contribution in [0.1, 0.15) is 4.88 Å². The van der Waals surface area contributed by atoms with Gasteiger partial charge in [-0.1, -0.05) is 23.2 Å². The van der Waals surface area contributed by atoms with Crippen LogP contribution in [-0.4, -0.2) is 7.11 Å². The molecule has 2 rings (SSSR count). The summed E-state index contributed by atoms with van der Waals surface area (Å²) in [5.41, 5.74) is 0.968. The summed E-state index contributed by atoms with van der Waals surface area (Å²) < 4.78 is 5.95. The highest BCUT2D eigenvalue weighted by atomic mass is 35.5. The van der Waals surface area contributed by atoms with E-state index in [2.05, 4.69) is 5.32 Å². The van der Waals surface area contributed by atoms with Crippen molar-refractivity contribution in [3.05, 3.63) is 44.6 Å². The minimum absolute atomic E-state index is 0.609. The predicted molar refractivity (Wildman–Crippen MR) is 74.7 cm³/mol. The molecule has 17 heavy (non-hydrogen) atoms. The first-order valence-electron chi connectivity index (χ1n) is 5.00. The number of thiophene rings is 1. The van der Waals surface area contributed by atoms with Crippen molar-refractivity contribution in [2.45, 2.75) is 6.54 Å². The predicted octanol–water partition coefficient (Wildman–Crippen LogP) is 4.68. The van der Waals surface area contributed by atoms with Crippen molar-refractivity contribution < 1.29 is 4.74 Å². The maximum absolute atomic E-state index is 5.95. The molecule has 0 unspecified atom stereocenters. The Kier molecular flexibility index (Phi) is 4.15. The largest absolute Gasteiger partial charge is 0.495 e. The van der Waals surface area contributed by atoms with Gasteiger partial charge in [-0.2, -0.15) is 0 Å². The normalized spacial score (nSPS) is 10.3. The molecule has 0 spiro atoms. The molecule has 1 aromatic carbocycles. The zero-order valence-electron chi connectivity index (χ0n) is 9.17. The lowest BCUT2D eigenvalue weighted by Gasteiger charge is -2.08. The monoisotopic (exact) mass is 287 g/mol. The molecule has 0 atom stereocenters. The van der Waals surface area contributed by atoms with Crippen molar-refractivity contribution in [3.63, 3.8) is 0 Å². The summed E-state index contributed by atoms with van der Waals surface area (Å²) >= 11 is 13.4. The number of methoxy groups -OCH3 is 1. The molecule has 0 aliphatic carbocycles. The van der Waals surface area contributed by atoms with Gasteiger partial charge >= 0.3 is 0 Å². The van der Waals surface area contributed by atoms with Crippen molar-refractivity contribution in [2.24, 2.45) is 0 Å². The molecule has 0 radical (unpaired) electrons. The number of anilines is 1. The molecule has 0 aliphatic heterocycles. The Morgan fingerprint density at radius 1 is 1.24 bits per heavy atom. The standard InChI is InChI=1S/C12H11Cl2NOS/c1-16-11-6-8(2-4-10(11)13)15-7-9-3-5-12(14)17-9/h2-6,15H,7H2,1H3. The fourth-order valence-electron chi connectivity index (χ4n) is 1.41. The van der Waals surface area contributed by atoms with Gasteiger partial charge in [-0.05, 0) is 24.3 Å². The second-order valence-electron chi connectivity index (χ2n) is 3.41. The Morgan fingerprint density at radius 3 is 2.71 bits per heavy atom. The number of nitrogens with one attached hydrogen (secondary N) is 1. The van der Waals surface area contributed by atoms with Gasteiger partial charge in [0.15, 0.2) is 0 Å². The summed E-state index contributed by atoms with van der Waals surface area (Å²) in [7, 11) is 1.60. The Hall–Kier alpha value is -0.900. The van der Waals surface area contributed by atoms with E-state index >= 15 is 0 Å². The molecule has 0 aliphatic rings. The van der Waals surface area contributed by atoms with Gasteiger partial charge in [-0.25, -0.2) is 0 Å². The number of ether oxygens (including phenoxy) is 1. The molecule has 0 amide bonds. The zero-order valence-corrected chi connectivity index (χ0v) is 11.5. The SMILES string of the molecule is COc1cc(NCc2ccc(Cl)s2)ccc1Cl. The molecule has 2 nitrogen and oxygen atoms in total. The molecular formula is C12H11Cl2NOS. The number of hydrogen-bond acceptors (Lipinski definition) is 3. The van der Waals surface area contributed by atoms with Crippen LogP contribution >= 0.6 is 34.5 Å². The number of hydrogen-bond donors (Lipinski definition) is 1. The molecule has 2 aromatic rings. The van der Waals surface area contributed by atoms with E-state index in [1.165, 1.54) is 4.88 Å². The molecule has 0 bridgehead atoms. The lowest BCUT2D eigenvalue weighted by molar-refractivity contribution is 0.415. The first-order valence-corrected chi connectivity index (χ1v) is 6.58. The molecule has 1 heterocycles. The minimum atomic E-state index is 0.609. The third-order valence-corrected chi connectivity index (χ3v) is 3.79. The van der Waals surface area contributed by atoms with Crippen LogP contribution in [0.4, 0.5) is 5.69 Å². The van der Waals surface area contributed by atoms with Crippen LogP contribution in [0, 0.1) is 0 Å². The van der Waals surface area contributed by atoms with E-state index in [1.54, 1.807) is 18.4 Å². The van der Waals surface area contributed by atoms with E-state index in [0.717, 1.165) is 16.6 Å². The fourth-order valence-corrected chi connectivity index (χ4v) is 2.63. The van der Waals surface area contributed by atoms with Crippen LogP contribution in [-0.2, 0) is 6.54 Å². The van der Waals surface area contributed by atoms with Crippen molar-refractivity contribution in [1.29, 1.82) is 0 Å². The minimum Gasteiger partial charge on any atom is -0.495 e. The lowest BCUT2D eigenvalue weighted by atomic mass is 10.3. The fraction of sp³-hybridized carbons (Fsp3) is 0.167. The first kappa shape index (κ1) is 12.6. The Labute approximate surface area is 114 Å². The van der Waals surface area contributed by atoms with Gasteiger partial charge in [0, 0.05) is 23.2 Å². The maximum Gasteiger partial charge on any atom is 0.139 e. The third-order valence-electron chi connectivity index (χ3n) is 2.25. The van der Waals surface area contributed by atoms with Crippen LogP contribution in [0.15, 0.2) is 30.3 Å². The van der Waals surface area contributed by atoms with Crippen molar-refractivity contribution >= 4 is 40.2 Å². The zero-order chi connectivity index (χ0) is 12.3. The van der Waals surface area contributed by atoms with Gasteiger partial charge in [0.2, 0.25) is 0 Å². The van der Waals surface area contributed by atoms with E-state index in [9.17, 15) is 0 Å². The van der Waals surface area contributed by atoms with Gasteiger partial charge in [-0.3, -0.25) is 0 Å². The van der Waals surface area contributed by atoms with E-state index in [4.69, 9.17) is 27.9 Å². The molecule has 5 heteroatoms. The first-order chi connectivity index (χ1) is 8.19. The van der Waals surface area contributed by atoms with Crippen molar-refractivity contribution in [1.82, 2.24) is 0 Å². The highest BCUT2D eigenvalue weighted by Gasteiger charge is 2.02. The summed E-state index contributed by atoms with van der Waals surface area (Å²) in [6.07, 6.45) is 0. The van der Waals surface area contributed by atoms with E-state index < -0.39 is 0 Å². The molecule has 0 saturated carbocycles. The topological polar surface area (TPSA) is 21.3 Å². The van der Waals surface area contributed by atoms with E-state index in [0.29, 0.717) is 10.8 Å². The summed E-state index contributed by atoms with van der Waals surface area (Å²) in [4.78, 5) is 1.18. The number of rotatable bonds is 4. The van der Waals surface area contributed by atoms with Gasteiger partial charge in [0.05, 0.1) is 16.5 Å². The molecule has 0 fully saturated rings. The van der Waals surface area contributed by atoms with Gasteiger partial charge in [0.25, 0.3) is 0 Å². The Bertz CT molecular complexity index is 513. The van der Waals surface area contributed by atoms with Crippen LogP contribution in [0.2, 0.25) is 9.36 Å². The summed E-state index contributed by atoms with van der Waals surface area (Å²) in [6, 6.07) is 9.50. The maximum atomic E-state index is 5.95. The van der Waals surface area contributed by atoms with Gasteiger partial charge in [-0.15, -0.1) is 11.3 Å². The average molecular weight is 288 g/mol. The molecule has 1 aromatic heterocycles. The second-order valence-corrected chi connectivity index (χ2v) is 5.62. The van der Waals surface area contributed by atoms with Crippen LogP contribution in [0.3, 0.4) is 0 Å². The van der Waals surface area contributed by atoms with Crippen LogP contribution in [0.25, 0.3) is 0 Å². The smallest absolute Gasteiger partial charge is 0.139 e. The van der Waals surface area contributed by atoms with Gasteiger partial charge < -0.3 is 10.1 Å². The van der Waals surface area contributed by atoms with E-state index in [1.807, 2.05) is 30.3 Å². The summed E-state index contributed by atoms with van der Waals surface area (Å²) in [5, 5.41) is 3.90. The summed E-state index contributed by atoms with van der Waals surface area (Å²) in [5.74, 6) is 0.667. The quantitative estimate of drug-likeness (QED) is 0.882. The lowest BCUT2D eigenvalue weighted by Crippen LogP contribution is -1.97. The van der Waals surface area contributed by atoms with Crippen LogP contribution < -0.4 is 10.1 Å². The van der Waals surface area contributed by atoms with Crippen molar-refractivity contribution in [3.8, 4) is 5.75 Å². The molecular weight excluding hydrogens is 277 g/mol. The Morgan fingerprint density at radius 2 is 2.06 bits per heavy atom. The highest BCUT2D eigenvalue weighted by Crippen LogP contribution is 2.28. The van der Waals surface area contributed by atoms with Gasteiger partial charge in [0.1, 0.15) is 5.75 Å². The average Bonchev–Trinajstić information content (AvgIpc) is 2.74. The highest BCUT2D eigenvalue weighted by molar-refractivity contribution is 7.16. The second kappa shape index (κ2) is 5.63. The Balaban J connectivity index is 2.04.